The van der Waals surface area contributed by atoms with E-state index in [0.29, 0.717) is 18.9 Å². The summed E-state index contributed by atoms with van der Waals surface area (Å²) in [5.41, 5.74) is 0.894. The van der Waals surface area contributed by atoms with Gasteiger partial charge in [-0.25, -0.2) is 0 Å². The average molecular weight is 268 g/mol. The number of alkyl halides is 1. The van der Waals surface area contributed by atoms with E-state index in [1.165, 1.54) is 0 Å². The lowest BCUT2D eigenvalue weighted by atomic mass is 10.2. The number of anilines is 1. The van der Waals surface area contributed by atoms with E-state index in [1.54, 1.807) is 0 Å². The van der Waals surface area contributed by atoms with E-state index in [4.69, 9.17) is 16.3 Å². The maximum absolute atomic E-state index is 12.2. The zero-order valence-corrected chi connectivity index (χ0v) is 11.2. The minimum atomic E-state index is 0.165. The maximum atomic E-state index is 12.2. The van der Waals surface area contributed by atoms with E-state index in [0.717, 1.165) is 37.2 Å². The zero-order chi connectivity index (χ0) is 12.8. The molecule has 1 aliphatic heterocycles. The molecule has 98 valence electrons. The largest absolute Gasteiger partial charge is 0.491 e. The summed E-state index contributed by atoms with van der Waals surface area (Å²) in [5, 5.41) is 0. The van der Waals surface area contributed by atoms with Crippen molar-refractivity contribution in [1.29, 1.82) is 0 Å². The fourth-order valence-corrected chi connectivity index (χ4v) is 2.28. The molecule has 0 fully saturated rings. The summed E-state index contributed by atoms with van der Waals surface area (Å²) in [6.07, 6.45) is 3.16. The van der Waals surface area contributed by atoms with Crippen LogP contribution in [0.1, 0.15) is 25.7 Å². The molecular formula is C14H18ClNO2. The Labute approximate surface area is 113 Å². The van der Waals surface area contributed by atoms with Crippen molar-refractivity contribution >= 4 is 23.2 Å². The number of nitrogens with zero attached hydrogens (tertiary/aromatic N) is 1. The third-order valence-electron chi connectivity index (χ3n) is 3.02. The van der Waals surface area contributed by atoms with Crippen molar-refractivity contribution in [3.63, 3.8) is 0 Å². The molecule has 0 atom stereocenters. The van der Waals surface area contributed by atoms with E-state index in [-0.39, 0.29) is 5.91 Å². The predicted octanol–water partition coefficient (Wildman–Crippen LogP) is 3.21. The number of hydrogen-bond donors (Lipinski definition) is 0. The van der Waals surface area contributed by atoms with Crippen molar-refractivity contribution < 1.29 is 9.53 Å². The first-order chi connectivity index (χ1) is 8.83. The summed E-state index contributed by atoms with van der Waals surface area (Å²) >= 11 is 5.63. The molecule has 0 saturated heterocycles. The van der Waals surface area contributed by atoms with Crippen molar-refractivity contribution in [1.82, 2.24) is 0 Å². The maximum Gasteiger partial charge on any atom is 0.227 e. The number of carbonyl (C=O) groups is 1. The van der Waals surface area contributed by atoms with Crippen LogP contribution in [0.5, 0.6) is 5.75 Å². The van der Waals surface area contributed by atoms with Crippen LogP contribution in [0.3, 0.4) is 0 Å². The Balaban J connectivity index is 2.09. The summed E-state index contributed by atoms with van der Waals surface area (Å²) in [6, 6.07) is 7.73. The number of amides is 1. The third kappa shape index (κ3) is 3.16. The molecule has 1 heterocycles. The van der Waals surface area contributed by atoms with Crippen LogP contribution in [0.4, 0.5) is 5.69 Å². The quantitative estimate of drug-likeness (QED) is 0.619. The van der Waals surface area contributed by atoms with Crippen LogP contribution in [-0.4, -0.2) is 24.9 Å². The molecule has 0 bridgehead atoms. The topological polar surface area (TPSA) is 29.5 Å². The number of ether oxygens (including phenoxy) is 1. The van der Waals surface area contributed by atoms with E-state index < -0.39 is 0 Å². The fourth-order valence-electron chi connectivity index (χ4n) is 2.09. The third-order valence-corrected chi connectivity index (χ3v) is 3.28. The monoisotopic (exact) mass is 267 g/mol. The fraction of sp³-hybridized carbons (Fsp3) is 0.500. The van der Waals surface area contributed by atoms with Gasteiger partial charge in [-0.2, -0.15) is 0 Å². The molecule has 0 aliphatic carbocycles. The van der Waals surface area contributed by atoms with Gasteiger partial charge in [-0.05, 0) is 31.4 Å². The smallest absolute Gasteiger partial charge is 0.227 e. The van der Waals surface area contributed by atoms with Gasteiger partial charge < -0.3 is 9.64 Å². The average Bonchev–Trinajstić information content (AvgIpc) is 2.61. The molecule has 0 radical (unpaired) electrons. The normalized spacial score (nSPS) is 14.6. The van der Waals surface area contributed by atoms with Gasteiger partial charge in [0, 0.05) is 18.8 Å². The molecule has 3 nitrogen and oxygen atoms in total. The molecular weight excluding hydrogens is 250 g/mol. The number of carbonyl (C=O) groups excluding carboxylic acids is 1. The van der Waals surface area contributed by atoms with Crippen LogP contribution in [0.15, 0.2) is 24.3 Å². The Hall–Kier alpha value is -1.22. The van der Waals surface area contributed by atoms with Gasteiger partial charge >= 0.3 is 0 Å². The number of fused-ring (bicyclic) bond motifs is 1. The van der Waals surface area contributed by atoms with Crippen LogP contribution in [0.2, 0.25) is 0 Å². The van der Waals surface area contributed by atoms with Gasteiger partial charge in [-0.3, -0.25) is 4.79 Å². The number of rotatable bonds is 4. The SMILES string of the molecule is O=C(CCCCCl)N1CCCOc2ccccc21. The van der Waals surface area contributed by atoms with E-state index >= 15 is 0 Å². The van der Waals surface area contributed by atoms with Gasteiger partial charge in [0.2, 0.25) is 5.91 Å². The van der Waals surface area contributed by atoms with Gasteiger partial charge in [0.15, 0.2) is 0 Å². The molecule has 1 aliphatic rings. The van der Waals surface area contributed by atoms with Crippen molar-refractivity contribution in [2.75, 3.05) is 23.9 Å². The number of unbranched alkanes of at least 4 members (excludes halogenated alkanes) is 1. The van der Waals surface area contributed by atoms with E-state index in [9.17, 15) is 4.79 Å². The summed E-state index contributed by atoms with van der Waals surface area (Å²) in [7, 11) is 0. The lowest BCUT2D eigenvalue weighted by Gasteiger charge is -2.21. The highest BCUT2D eigenvalue weighted by Gasteiger charge is 2.21. The molecule has 0 aromatic heterocycles. The second-order valence-corrected chi connectivity index (χ2v) is 4.74. The lowest BCUT2D eigenvalue weighted by molar-refractivity contribution is -0.118. The van der Waals surface area contributed by atoms with Crippen LogP contribution >= 0.6 is 11.6 Å². The molecule has 0 spiro atoms. The van der Waals surface area contributed by atoms with Gasteiger partial charge in [0.1, 0.15) is 5.75 Å². The summed E-state index contributed by atoms with van der Waals surface area (Å²) in [4.78, 5) is 14.1. The van der Waals surface area contributed by atoms with Crippen LogP contribution in [0, 0.1) is 0 Å². The van der Waals surface area contributed by atoms with E-state index in [1.807, 2.05) is 29.2 Å². The highest BCUT2D eigenvalue weighted by molar-refractivity contribution is 6.17. The molecule has 2 rings (SSSR count). The standard InChI is InChI=1S/C14H18ClNO2/c15-9-4-3-8-14(17)16-10-5-11-18-13-7-2-1-6-12(13)16/h1-2,6-7H,3-5,8-11H2. The summed E-state index contributed by atoms with van der Waals surface area (Å²) in [6.45, 7) is 1.40. The van der Waals surface area contributed by atoms with Crippen LogP contribution in [0.25, 0.3) is 0 Å². The predicted molar refractivity (Wildman–Crippen MR) is 73.5 cm³/mol. The first-order valence-electron chi connectivity index (χ1n) is 6.41. The Bertz CT molecular complexity index is 409. The molecule has 0 saturated carbocycles. The molecule has 0 unspecified atom stereocenters. The van der Waals surface area contributed by atoms with Crippen LogP contribution < -0.4 is 9.64 Å². The summed E-state index contributed by atoms with van der Waals surface area (Å²) < 4.78 is 5.64. The minimum absolute atomic E-state index is 0.165. The van der Waals surface area contributed by atoms with Gasteiger partial charge in [0.25, 0.3) is 0 Å². The van der Waals surface area contributed by atoms with Crippen molar-refractivity contribution in [2.45, 2.75) is 25.7 Å². The molecule has 18 heavy (non-hydrogen) atoms. The molecule has 0 N–H and O–H groups in total. The zero-order valence-electron chi connectivity index (χ0n) is 10.4. The Kier molecular flexibility index (Phi) is 4.88. The number of halogens is 1. The van der Waals surface area contributed by atoms with Crippen molar-refractivity contribution in [2.24, 2.45) is 0 Å². The first kappa shape index (κ1) is 13.2. The number of para-hydroxylation sites is 2. The number of benzene rings is 1. The molecule has 4 heteroatoms. The van der Waals surface area contributed by atoms with Crippen molar-refractivity contribution in [3.8, 4) is 5.75 Å². The van der Waals surface area contributed by atoms with Gasteiger partial charge in [0.05, 0.1) is 12.3 Å². The van der Waals surface area contributed by atoms with Gasteiger partial charge in [-0.1, -0.05) is 12.1 Å². The highest BCUT2D eigenvalue weighted by Crippen LogP contribution is 2.31. The molecule has 1 aromatic carbocycles. The van der Waals surface area contributed by atoms with Crippen LogP contribution in [-0.2, 0) is 4.79 Å². The van der Waals surface area contributed by atoms with Crippen molar-refractivity contribution in [3.05, 3.63) is 24.3 Å². The minimum Gasteiger partial charge on any atom is -0.491 e. The summed E-state index contributed by atoms with van der Waals surface area (Å²) in [5.74, 6) is 1.59. The Morgan fingerprint density at radius 3 is 3.00 bits per heavy atom. The Morgan fingerprint density at radius 1 is 1.33 bits per heavy atom. The lowest BCUT2D eigenvalue weighted by Crippen LogP contribution is -2.31. The molecule has 1 aromatic rings. The molecule has 1 amide bonds. The highest BCUT2D eigenvalue weighted by atomic mass is 35.5. The first-order valence-corrected chi connectivity index (χ1v) is 6.94. The number of hydrogen-bond acceptors (Lipinski definition) is 2. The Morgan fingerprint density at radius 2 is 2.17 bits per heavy atom. The van der Waals surface area contributed by atoms with Gasteiger partial charge in [-0.15, -0.1) is 11.6 Å². The second-order valence-electron chi connectivity index (χ2n) is 4.36. The van der Waals surface area contributed by atoms with E-state index in [2.05, 4.69) is 0 Å². The second kappa shape index (κ2) is 6.64.